The summed E-state index contributed by atoms with van der Waals surface area (Å²) in [5.41, 5.74) is 0.797. The van der Waals surface area contributed by atoms with Gasteiger partial charge in [0.1, 0.15) is 5.75 Å². The Kier molecular flexibility index (Phi) is 8.34. The molecule has 0 aromatic heterocycles. The van der Waals surface area contributed by atoms with Crippen molar-refractivity contribution in [2.45, 2.75) is 24.3 Å². The first kappa shape index (κ1) is 23.5. The average Bonchev–Trinajstić information content (AvgIpc) is 2.69. The lowest BCUT2D eigenvalue weighted by molar-refractivity contribution is -0.130. The Morgan fingerprint density at radius 1 is 1.07 bits per heavy atom. The van der Waals surface area contributed by atoms with Crippen molar-refractivity contribution in [3.05, 3.63) is 58.1 Å². The third-order valence-corrected chi connectivity index (χ3v) is 6.94. The van der Waals surface area contributed by atoms with Crippen LogP contribution in [0.2, 0.25) is 10.0 Å². The van der Waals surface area contributed by atoms with Gasteiger partial charge in [-0.15, -0.1) is 0 Å². The van der Waals surface area contributed by atoms with E-state index in [2.05, 4.69) is 0 Å². The van der Waals surface area contributed by atoms with Gasteiger partial charge in [0, 0.05) is 43.7 Å². The first-order chi connectivity index (χ1) is 13.6. The van der Waals surface area contributed by atoms with E-state index in [4.69, 9.17) is 27.9 Å². The van der Waals surface area contributed by atoms with Crippen LogP contribution in [0.4, 0.5) is 0 Å². The summed E-state index contributed by atoms with van der Waals surface area (Å²) < 4.78 is 31.5. The second-order valence-electron chi connectivity index (χ2n) is 6.59. The number of methoxy groups -OCH3 is 1. The highest BCUT2D eigenvalue weighted by Gasteiger charge is 2.21. The van der Waals surface area contributed by atoms with Crippen molar-refractivity contribution in [2.24, 2.45) is 0 Å². The molecule has 29 heavy (non-hydrogen) atoms. The summed E-state index contributed by atoms with van der Waals surface area (Å²) in [5, 5.41) is 1.04. The van der Waals surface area contributed by atoms with E-state index in [1.807, 2.05) is 0 Å². The molecule has 2 aromatic rings. The minimum atomic E-state index is -3.62. The van der Waals surface area contributed by atoms with Crippen LogP contribution >= 0.6 is 23.2 Å². The fourth-order valence-electron chi connectivity index (χ4n) is 2.69. The number of benzene rings is 2. The van der Waals surface area contributed by atoms with Crippen LogP contribution in [-0.2, 0) is 21.4 Å². The summed E-state index contributed by atoms with van der Waals surface area (Å²) in [6.45, 7) is 0.588. The van der Waals surface area contributed by atoms with Crippen molar-refractivity contribution < 1.29 is 17.9 Å². The van der Waals surface area contributed by atoms with Gasteiger partial charge in [0.2, 0.25) is 15.9 Å². The third kappa shape index (κ3) is 6.34. The predicted molar refractivity (Wildman–Crippen MR) is 115 cm³/mol. The number of amides is 1. The summed E-state index contributed by atoms with van der Waals surface area (Å²) >= 11 is 12.0. The molecule has 0 N–H and O–H groups in total. The molecule has 0 aliphatic heterocycles. The highest BCUT2D eigenvalue weighted by Crippen LogP contribution is 2.22. The van der Waals surface area contributed by atoms with Crippen molar-refractivity contribution in [2.75, 3.05) is 27.7 Å². The van der Waals surface area contributed by atoms with Crippen LogP contribution in [0.25, 0.3) is 0 Å². The molecule has 0 radical (unpaired) electrons. The van der Waals surface area contributed by atoms with Crippen LogP contribution in [0.1, 0.15) is 18.4 Å². The van der Waals surface area contributed by atoms with E-state index in [0.717, 1.165) is 5.56 Å². The second kappa shape index (κ2) is 10.3. The number of hydrogen-bond acceptors (Lipinski definition) is 4. The largest absolute Gasteiger partial charge is 0.497 e. The van der Waals surface area contributed by atoms with Gasteiger partial charge in [-0.1, -0.05) is 29.3 Å². The first-order valence-corrected chi connectivity index (χ1v) is 11.1. The molecule has 158 valence electrons. The number of ether oxygens (including phenoxy) is 1. The number of carbonyl (C=O) groups is 1. The lowest BCUT2D eigenvalue weighted by Crippen LogP contribution is -2.30. The molecule has 0 atom stereocenters. The minimum Gasteiger partial charge on any atom is -0.497 e. The fourth-order valence-corrected chi connectivity index (χ4v) is 4.36. The SMILES string of the molecule is COc1ccc(S(=O)(=O)N(C)CCCC(=O)N(C)Cc2ccc(Cl)cc2Cl)cc1. The zero-order chi connectivity index (χ0) is 21.6. The van der Waals surface area contributed by atoms with Crippen LogP contribution in [-0.4, -0.2) is 51.3 Å². The van der Waals surface area contributed by atoms with Crippen molar-refractivity contribution in [1.29, 1.82) is 0 Å². The maximum Gasteiger partial charge on any atom is 0.242 e. The lowest BCUT2D eigenvalue weighted by atomic mass is 10.2. The van der Waals surface area contributed by atoms with Crippen molar-refractivity contribution in [1.82, 2.24) is 9.21 Å². The number of halogens is 2. The van der Waals surface area contributed by atoms with Gasteiger partial charge < -0.3 is 9.64 Å². The maximum absolute atomic E-state index is 12.6. The van der Waals surface area contributed by atoms with Crippen LogP contribution in [0, 0.1) is 0 Å². The molecule has 2 aromatic carbocycles. The minimum absolute atomic E-state index is 0.0914. The van der Waals surface area contributed by atoms with E-state index in [1.54, 1.807) is 42.3 Å². The molecule has 0 unspecified atom stereocenters. The van der Waals surface area contributed by atoms with Gasteiger partial charge in [0.25, 0.3) is 0 Å². The molecule has 0 bridgehead atoms. The highest BCUT2D eigenvalue weighted by molar-refractivity contribution is 7.89. The molecule has 9 heteroatoms. The molecular weight excluding hydrogens is 435 g/mol. The fraction of sp³-hybridized carbons (Fsp3) is 0.350. The molecule has 0 saturated heterocycles. The standard InChI is InChI=1S/C20H24Cl2N2O4S/c1-23(14-15-6-7-16(21)13-19(15)22)20(25)5-4-12-24(2)29(26,27)18-10-8-17(28-3)9-11-18/h6-11,13H,4-5,12,14H2,1-3H3. The van der Waals surface area contributed by atoms with Gasteiger partial charge in [-0.25, -0.2) is 12.7 Å². The summed E-state index contributed by atoms with van der Waals surface area (Å²) in [4.78, 5) is 14.1. The Labute approximate surface area is 182 Å². The van der Waals surface area contributed by atoms with Crippen LogP contribution in [0.15, 0.2) is 47.4 Å². The summed E-state index contributed by atoms with van der Waals surface area (Å²) in [6.07, 6.45) is 0.633. The van der Waals surface area contributed by atoms with E-state index in [1.165, 1.54) is 30.6 Å². The van der Waals surface area contributed by atoms with Gasteiger partial charge in [-0.3, -0.25) is 4.79 Å². The van der Waals surface area contributed by atoms with Crippen LogP contribution in [0.3, 0.4) is 0 Å². The molecule has 0 heterocycles. The number of nitrogens with zero attached hydrogens (tertiary/aromatic N) is 2. The van der Waals surface area contributed by atoms with Crippen LogP contribution < -0.4 is 4.74 Å². The zero-order valence-electron chi connectivity index (χ0n) is 16.6. The first-order valence-electron chi connectivity index (χ1n) is 8.93. The van der Waals surface area contributed by atoms with Crippen LogP contribution in [0.5, 0.6) is 5.75 Å². The van der Waals surface area contributed by atoms with Gasteiger partial charge in [-0.2, -0.15) is 0 Å². The Morgan fingerprint density at radius 2 is 1.72 bits per heavy atom. The Morgan fingerprint density at radius 3 is 2.31 bits per heavy atom. The normalized spacial score (nSPS) is 11.5. The Hall–Kier alpha value is -1.80. The predicted octanol–water partition coefficient (Wildman–Crippen LogP) is 4.06. The molecule has 0 saturated carbocycles. The smallest absolute Gasteiger partial charge is 0.242 e. The van der Waals surface area contributed by atoms with E-state index in [-0.39, 0.29) is 23.8 Å². The molecule has 6 nitrogen and oxygen atoms in total. The molecule has 0 spiro atoms. The quantitative estimate of drug-likeness (QED) is 0.567. The van der Waals surface area contributed by atoms with E-state index >= 15 is 0 Å². The molecule has 1 amide bonds. The number of carbonyl (C=O) groups excluding carboxylic acids is 1. The zero-order valence-corrected chi connectivity index (χ0v) is 18.9. The molecular formula is C20H24Cl2N2O4S. The number of sulfonamides is 1. The van der Waals surface area contributed by atoms with Crippen molar-refractivity contribution >= 4 is 39.1 Å². The summed E-state index contributed by atoms with van der Waals surface area (Å²) in [7, 11) is 1.09. The summed E-state index contributed by atoms with van der Waals surface area (Å²) in [5.74, 6) is 0.493. The number of rotatable bonds is 9. The summed E-state index contributed by atoms with van der Waals surface area (Å²) in [6, 6.07) is 11.3. The molecule has 0 aliphatic rings. The average molecular weight is 459 g/mol. The molecule has 2 rings (SSSR count). The van der Waals surface area contributed by atoms with E-state index < -0.39 is 10.0 Å². The Bertz CT molecular complexity index is 949. The van der Waals surface area contributed by atoms with Gasteiger partial charge in [0.05, 0.1) is 12.0 Å². The highest BCUT2D eigenvalue weighted by atomic mass is 35.5. The van der Waals surface area contributed by atoms with Gasteiger partial charge in [0.15, 0.2) is 0 Å². The van der Waals surface area contributed by atoms with E-state index in [0.29, 0.717) is 28.8 Å². The topological polar surface area (TPSA) is 66.9 Å². The second-order valence-corrected chi connectivity index (χ2v) is 9.48. The third-order valence-electron chi connectivity index (χ3n) is 4.48. The van der Waals surface area contributed by atoms with Crippen molar-refractivity contribution in [3.8, 4) is 5.75 Å². The maximum atomic E-state index is 12.6. The monoisotopic (exact) mass is 458 g/mol. The Balaban J connectivity index is 1.87. The molecule has 0 aliphatic carbocycles. The number of hydrogen-bond donors (Lipinski definition) is 0. The molecule has 0 fully saturated rings. The van der Waals surface area contributed by atoms with E-state index in [9.17, 15) is 13.2 Å². The van der Waals surface area contributed by atoms with Gasteiger partial charge in [-0.05, 0) is 48.4 Å². The van der Waals surface area contributed by atoms with Crippen molar-refractivity contribution in [3.63, 3.8) is 0 Å². The lowest BCUT2D eigenvalue weighted by Gasteiger charge is -2.20. The van der Waals surface area contributed by atoms with Gasteiger partial charge >= 0.3 is 0 Å².